The van der Waals surface area contributed by atoms with Crippen molar-refractivity contribution in [1.29, 1.82) is 0 Å². The molecule has 1 amide bonds. The van der Waals surface area contributed by atoms with Gasteiger partial charge >= 0.3 is 6.18 Å². The summed E-state index contributed by atoms with van der Waals surface area (Å²) in [6.45, 7) is 2.45. The molecule has 2 aromatic rings. The van der Waals surface area contributed by atoms with Crippen LogP contribution in [0.3, 0.4) is 0 Å². The topological polar surface area (TPSA) is 88.1 Å². The van der Waals surface area contributed by atoms with E-state index < -0.39 is 33.2 Å². The number of allylic oxidation sites excluding steroid dienone is 1. The molecule has 0 saturated carbocycles. The first kappa shape index (κ1) is 33.2. The minimum Gasteiger partial charge on any atom is -0.493 e. The molecule has 1 saturated heterocycles. The van der Waals surface area contributed by atoms with E-state index in [4.69, 9.17) is 4.74 Å². The van der Waals surface area contributed by atoms with Crippen LogP contribution in [0.5, 0.6) is 5.75 Å². The fraction of sp³-hybridized carbons (Fsp3) is 0.529. The van der Waals surface area contributed by atoms with E-state index in [9.17, 15) is 26.4 Å². The minimum absolute atomic E-state index is 0.0386. The van der Waals surface area contributed by atoms with E-state index in [2.05, 4.69) is 28.5 Å². The number of ether oxygens (including phenoxy) is 1. The van der Waals surface area contributed by atoms with E-state index in [-0.39, 0.29) is 55.4 Å². The van der Waals surface area contributed by atoms with Gasteiger partial charge in [0.25, 0.3) is 5.91 Å². The van der Waals surface area contributed by atoms with Crippen LogP contribution in [0.4, 0.5) is 13.2 Å². The van der Waals surface area contributed by atoms with Crippen molar-refractivity contribution in [3.63, 3.8) is 0 Å². The van der Waals surface area contributed by atoms with Gasteiger partial charge in [0.05, 0.1) is 17.9 Å². The van der Waals surface area contributed by atoms with Crippen LogP contribution in [0.15, 0.2) is 53.5 Å². The van der Waals surface area contributed by atoms with Crippen molar-refractivity contribution >= 4 is 21.8 Å². The Hall–Kier alpha value is -3.18. The molecule has 2 aromatic carbocycles. The number of amidine groups is 1. The molecule has 7 bridgehead atoms. The van der Waals surface area contributed by atoms with E-state index >= 15 is 0 Å². The van der Waals surface area contributed by atoms with E-state index in [0.29, 0.717) is 12.8 Å². The van der Waals surface area contributed by atoms with Crippen molar-refractivity contribution in [2.45, 2.75) is 89.3 Å². The maximum absolute atomic E-state index is 13.8. The second-order valence-corrected chi connectivity index (χ2v) is 14.4. The lowest BCUT2D eigenvalue weighted by molar-refractivity contribution is -0.137. The van der Waals surface area contributed by atoms with Crippen molar-refractivity contribution in [3.05, 3.63) is 76.4 Å². The Morgan fingerprint density at radius 2 is 1.67 bits per heavy atom. The van der Waals surface area contributed by atoms with E-state index in [1.165, 1.54) is 15.9 Å². The number of carbonyl (C=O) groups is 1. The molecule has 244 valence electrons. The number of carbonyl (C=O) groups excluding carboxylic acids is 1. The number of rotatable bonds is 0. The number of sulfonamides is 1. The molecule has 0 unspecified atom stereocenters. The SMILES string of the molecule is Cc1cc2ccc1CCS(=O)(=O)N1CCC3(CC1)N=C(NC3=O)c1cc(cc(C(F)(F)F)c1)OCC/C=C/CCCCCCC2. The zero-order chi connectivity index (χ0) is 32.1. The molecule has 5 aliphatic heterocycles. The van der Waals surface area contributed by atoms with E-state index in [1.54, 1.807) is 0 Å². The number of benzene rings is 2. The monoisotopic (exact) mass is 645 g/mol. The van der Waals surface area contributed by atoms with Crippen LogP contribution in [-0.2, 0) is 33.8 Å². The fourth-order valence-corrected chi connectivity index (χ4v) is 7.75. The Morgan fingerprint density at radius 3 is 2.42 bits per heavy atom. The zero-order valence-corrected chi connectivity index (χ0v) is 26.6. The number of amides is 1. The average Bonchev–Trinajstić information content (AvgIpc) is 3.31. The summed E-state index contributed by atoms with van der Waals surface area (Å²) in [5, 5.41) is 2.67. The van der Waals surface area contributed by atoms with Gasteiger partial charge < -0.3 is 10.1 Å². The van der Waals surface area contributed by atoms with Crippen LogP contribution in [0.1, 0.15) is 85.6 Å². The van der Waals surface area contributed by atoms with Crippen molar-refractivity contribution < 1.29 is 31.1 Å². The van der Waals surface area contributed by atoms with E-state index in [1.807, 2.05) is 19.1 Å². The third kappa shape index (κ3) is 8.35. The summed E-state index contributed by atoms with van der Waals surface area (Å²) in [5.74, 6) is -0.383. The summed E-state index contributed by atoms with van der Waals surface area (Å²) in [6.07, 6.45) is 8.30. The Bertz CT molecular complexity index is 1540. The standard InChI is InChI=1S/C34H42F3N3O4S/c1-25-21-26-11-9-7-5-3-2-4-6-8-10-19-44-30-23-28(22-29(24-30)34(35,36)37)31-38-32(41)33(39-31)15-17-40(18-16-33)45(42,43)20-14-27(25)13-12-26/h6,8,12-13,21-24H,2-5,7,9-11,14-20H2,1H3,(H,38,39,41)/b8-6+. The Balaban J connectivity index is 1.36. The molecule has 7 rings (SSSR count). The number of hydrogen-bond acceptors (Lipinski definition) is 5. The number of alkyl halides is 3. The lowest BCUT2D eigenvalue weighted by Gasteiger charge is -2.34. The van der Waals surface area contributed by atoms with Crippen molar-refractivity contribution in [2.75, 3.05) is 25.4 Å². The minimum atomic E-state index is -4.62. The van der Waals surface area contributed by atoms with Crippen LogP contribution in [0, 0.1) is 6.92 Å². The largest absolute Gasteiger partial charge is 0.493 e. The number of nitrogens with zero attached hydrogens (tertiary/aromatic N) is 2. The predicted octanol–water partition coefficient (Wildman–Crippen LogP) is 6.52. The number of nitrogens with one attached hydrogen (secondary N) is 1. The first-order valence-electron chi connectivity index (χ1n) is 15.9. The van der Waals surface area contributed by atoms with Gasteiger partial charge in [-0.3, -0.25) is 9.79 Å². The van der Waals surface area contributed by atoms with Gasteiger partial charge in [0.15, 0.2) is 0 Å². The molecular formula is C34H42F3N3O4S. The summed E-state index contributed by atoms with van der Waals surface area (Å²) in [6, 6.07) is 9.68. The highest BCUT2D eigenvalue weighted by Gasteiger charge is 2.47. The molecule has 7 nitrogen and oxygen atoms in total. The third-order valence-corrected chi connectivity index (χ3v) is 10.9. The Morgan fingerprint density at radius 1 is 0.933 bits per heavy atom. The van der Waals surface area contributed by atoms with Gasteiger partial charge in [-0.05, 0) is 93.2 Å². The van der Waals surface area contributed by atoms with Crippen LogP contribution in [0.25, 0.3) is 0 Å². The number of aliphatic imine (C=N–C) groups is 1. The molecular weight excluding hydrogens is 603 g/mol. The van der Waals surface area contributed by atoms with Crippen molar-refractivity contribution in [1.82, 2.24) is 9.62 Å². The van der Waals surface area contributed by atoms with Crippen molar-refractivity contribution in [3.8, 4) is 5.75 Å². The first-order valence-corrected chi connectivity index (χ1v) is 17.5. The van der Waals surface area contributed by atoms with Gasteiger partial charge in [0.1, 0.15) is 17.1 Å². The Kier molecular flexibility index (Phi) is 10.4. The molecule has 11 heteroatoms. The lowest BCUT2D eigenvalue weighted by atomic mass is 9.89. The van der Waals surface area contributed by atoms with Crippen molar-refractivity contribution in [2.24, 2.45) is 4.99 Å². The van der Waals surface area contributed by atoms with Gasteiger partial charge in [-0.25, -0.2) is 12.7 Å². The first-order chi connectivity index (χ1) is 21.5. The molecule has 0 aliphatic carbocycles. The van der Waals surface area contributed by atoms with Gasteiger partial charge in [-0.15, -0.1) is 0 Å². The van der Waals surface area contributed by atoms with Gasteiger partial charge in [-0.1, -0.05) is 49.6 Å². The molecule has 0 aromatic heterocycles. The molecule has 1 spiro atoms. The summed E-state index contributed by atoms with van der Waals surface area (Å²) < 4.78 is 75.0. The molecule has 45 heavy (non-hydrogen) atoms. The fourth-order valence-electron chi connectivity index (χ4n) is 6.27. The molecule has 1 N–H and O–H groups in total. The van der Waals surface area contributed by atoms with Crippen LogP contribution in [0.2, 0.25) is 0 Å². The van der Waals surface area contributed by atoms with Crippen LogP contribution < -0.4 is 10.1 Å². The summed E-state index contributed by atoms with van der Waals surface area (Å²) in [7, 11) is -3.59. The smallest absolute Gasteiger partial charge is 0.416 e. The van der Waals surface area contributed by atoms with Gasteiger partial charge in [0.2, 0.25) is 10.0 Å². The normalized spacial score (nSPS) is 25.8. The highest BCUT2D eigenvalue weighted by atomic mass is 32.2. The maximum atomic E-state index is 13.8. The summed E-state index contributed by atoms with van der Waals surface area (Å²) >= 11 is 0. The van der Waals surface area contributed by atoms with Gasteiger partial charge in [0, 0.05) is 18.7 Å². The highest BCUT2D eigenvalue weighted by Crippen LogP contribution is 2.36. The number of fused-ring (bicyclic) bond motifs is 2. The Labute approximate surface area is 264 Å². The van der Waals surface area contributed by atoms with Gasteiger partial charge in [-0.2, -0.15) is 13.2 Å². The molecule has 5 aliphatic rings. The number of aryl methyl sites for hydroxylation is 3. The third-order valence-electron chi connectivity index (χ3n) is 9.02. The second kappa shape index (κ2) is 14.1. The summed E-state index contributed by atoms with van der Waals surface area (Å²) in [4.78, 5) is 17.7. The predicted molar refractivity (Wildman–Crippen MR) is 169 cm³/mol. The average molecular weight is 646 g/mol. The second-order valence-electron chi connectivity index (χ2n) is 12.3. The highest BCUT2D eigenvalue weighted by molar-refractivity contribution is 7.89. The summed E-state index contributed by atoms with van der Waals surface area (Å²) in [5.41, 5.74) is 1.35. The molecule has 0 radical (unpaired) electrons. The number of halogens is 3. The number of piperidine rings is 1. The van der Waals surface area contributed by atoms with Crippen LogP contribution in [-0.4, -0.2) is 55.5 Å². The molecule has 0 atom stereocenters. The maximum Gasteiger partial charge on any atom is 0.416 e. The lowest BCUT2D eigenvalue weighted by Crippen LogP contribution is -2.50. The number of hydrogen-bond donors (Lipinski definition) is 1. The zero-order valence-electron chi connectivity index (χ0n) is 25.8. The van der Waals surface area contributed by atoms with Crippen LogP contribution >= 0.6 is 0 Å². The quantitative estimate of drug-likeness (QED) is 0.331. The van der Waals surface area contributed by atoms with E-state index in [0.717, 1.165) is 68.2 Å². The molecule has 5 heterocycles. The molecule has 1 fully saturated rings.